The van der Waals surface area contributed by atoms with Gasteiger partial charge in [0.25, 0.3) is 0 Å². The minimum absolute atomic E-state index is 0.327. The van der Waals surface area contributed by atoms with Gasteiger partial charge >= 0.3 is 0 Å². The molecule has 0 amide bonds. The third-order valence-corrected chi connectivity index (χ3v) is 9.43. The van der Waals surface area contributed by atoms with Crippen molar-refractivity contribution in [2.75, 3.05) is 6.61 Å². The molecule has 142 valence electrons. The van der Waals surface area contributed by atoms with E-state index < -0.39 is 5.60 Å². The van der Waals surface area contributed by atoms with Crippen LogP contribution in [0.1, 0.15) is 79.1 Å². The van der Waals surface area contributed by atoms with E-state index in [2.05, 4.69) is 26.8 Å². The van der Waals surface area contributed by atoms with E-state index in [0.29, 0.717) is 29.3 Å². The van der Waals surface area contributed by atoms with Crippen molar-refractivity contribution in [2.45, 2.75) is 84.7 Å². The fourth-order valence-corrected chi connectivity index (χ4v) is 7.91. The second-order valence-corrected chi connectivity index (χ2v) is 10.8. The van der Waals surface area contributed by atoms with E-state index in [0.717, 1.165) is 37.0 Å². The van der Waals surface area contributed by atoms with Gasteiger partial charge in [0.2, 0.25) is 0 Å². The molecule has 0 heterocycles. The molecule has 2 nitrogen and oxygen atoms in total. The Balaban J connectivity index is 1.63. The van der Waals surface area contributed by atoms with Gasteiger partial charge in [-0.15, -0.1) is 0 Å². The molecular weight excluding hydrogens is 308 g/mol. The Bertz CT molecular complexity index is 564. The van der Waals surface area contributed by atoms with Gasteiger partial charge < -0.3 is 10.2 Å². The van der Waals surface area contributed by atoms with Crippen molar-refractivity contribution in [3.05, 3.63) is 11.6 Å². The molecule has 25 heavy (non-hydrogen) atoms. The molecule has 4 rings (SSSR count). The largest absolute Gasteiger partial charge is 0.396 e. The predicted molar refractivity (Wildman–Crippen MR) is 102 cm³/mol. The van der Waals surface area contributed by atoms with E-state index in [-0.39, 0.29) is 0 Å². The SMILES string of the molecule is C[C@H](CO)[C@H]1CC[C@H]2[C@@H]3CC=C4C[C@@](C)(O)CC[C@]4(C)[C@H]3CC[C@]12C. The van der Waals surface area contributed by atoms with E-state index in [1.54, 1.807) is 5.57 Å². The van der Waals surface area contributed by atoms with Crippen LogP contribution in [-0.4, -0.2) is 22.4 Å². The van der Waals surface area contributed by atoms with Crippen molar-refractivity contribution >= 4 is 0 Å². The Morgan fingerprint density at radius 1 is 1.08 bits per heavy atom. The van der Waals surface area contributed by atoms with Gasteiger partial charge in [-0.1, -0.05) is 32.4 Å². The Labute approximate surface area is 154 Å². The third kappa shape index (κ3) is 2.57. The second kappa shape index (κ2) is 5.83. The highest BCUT2D eigenvalue weighted by molar-refractivity contribution is 5.26. The summed E-state index contributed by atoms with van der Waals surface area (Å²) in [6.07, 6.45) is 12.1. The van der Waals surface area contributed by atoms with Gasteiger partial charge in [-0.2, -0.15) is 0 Å². The summed E-state index contributed by atoms with van der Waals surface area (Å²) in [6, 6.07) is 0. The summed E-state index contributed by atoms with van der Waals surface area (Å²) in [7, 11) is 0. The first-order valence-corrected chi connectivity index (χ1v) is 10.7. The number of aliphatic hydroxyl groups excluding tert-OH is 1. The molecule has 0 radical (unpaired) electrons. The molecule has 0 aromatic carbocycles. The molecule has 0 saturated heterocycles. The normalized spacial score (nSPS) is 53.4. The lowest BCUT2D eigenvalue weighted by Crippen LogP contribution is -2.52. The molecular formula is C23H38O2. The Hall–Kier alpha value is -0.340. The summed E-state index contributed by atoms with van der Waals surface area (Å²) in [5, 5.41) is 20.3. The quantitative estimate of drug-likeness (QED) is 0.695. The van der Waals surface area contributed by atoms with Crippen LogP contribution < -0.4 is 0 Å². The zero-order valence-corrected chi connectivity index (χ0v) is 16.7. The van der Waals surface area contributed by atoms with Crippen molar-refractivity contribution in [3.63, 3.8) is 0 Å². The lowest BCUT2D eigenvalue weighted by atomic mass is 9.46. The van der Waals surface area contributed by atoms with Crippen molar-refractivity contribution in [1.82, 2.24) is 0 Å². The average molecular weight is 347 g/mol. The molecule has 3 fully saturated rings. The van der Waals surface area contributed by atoms with Crippen LogP contribution in [0.4, 0.5) is 0 Å². The first kappa shape index (κ1) is 18.0. The summed E-state index contributed by atoms with van der Waals surface area (Å²) in [5.41, 5.74) is 1.83. The number of allylic oxidation sites excluding steroid dienone is 1. The number of fused-ring (bicyclic) bond motifs is 5. The van der Waals surface area contributed by atoms with Gasteiger partial charge in [0, 0.05) is 6.61 Å². The summed E-state index contributed by atoms with van der Waals surface area (Å²) in [6.45, 7) is 9.68. The van der Waals surface area contributed by atoms with E-state index in [1.165, 1.54) is 32.1 Å². The van der Waals surface area contributed by atoms with E-state index >= 15 is 0 Å². The minimum atomic E-state index is -0.490. The number of hydrogen-bond donors (Lipinski definition) is 2. The maximum atomic E-state index is 10.6. The van der Waals surface area contributed by atoms with Gasteiger partial charge in [-0.05, 0) is 98.7 Å². The Kier molecular flexibility index (Phi) is 4.21. The monoisotopic (exact) mass is 346 g/mol. The molecule has 4 aliphatic rings. The maximum absolute atomic E-state index is 10.6. The summed E-state index contributed by atoms with van der Waals surface area (Å²) in [4.78, 5) is 0. The molecule has 0 bridgehead atoms. The van der Waals surface area contributed by atoms with Gasteiger partial charge in [-0.3, -0.25) is 0 Å². The highest BCUT2D eigenvalue weighted by Crippen LogP contribution is 2.67. The lowest BCUT2D eigenvalue weighted by molar-refractivity contribution is -0.0723. The summed E-state index contributed by atoms with van der Waals surface area (Å²) >= 11 is 0. The maximum Gasteiger partial charge on any atom is 0.0657 e. The van der Waals surface area contributed by atoms with E-state index in [1.807, 2.05) is 6.92 Å². The number of hydrogen-bond acceptors (Lipinski definition) is 2. The molecule has 3 saturated carbocycles. The third-order valence-electron chi connectivity index (χ3n) is 9.43. The van der Waals surface area contributed by atoms with Crippen LogP contribution in [-0.2, 0) is 0 Å². The fourth-order valence-electron chi connectivity index (χ4n) is 7.91. The van der Waals surface area contributed by atoms with Gasteiger partial charge in [-0.25, -0.2) is 0 Å². The van der Waals surface area contributed by atoms with Crippen LogP contribution in [0.25, 0.3) is 0 Å². The van der Waals surface area contributed by atoms with Crippen molar-refractivity contribution in [2.24, 2.45) is 40.4 Å². The van der Waals surface area contributed by atoms with Crippen molar-refractivity contribution in [3.8, 4) is 0 Å². The fraction of sp³-hybridized carbons (Fsp3) is 0.913. The zero-order valence-electron chi connectivity index (χ0n) is 16.7. The lowest BCUT2D eigenvalue weighted by Gasteiger charge is -2.59. The van der Waals surface area contributed by atoms with Crippen LogP contribution in [0, 0.1) is 40.4 Å². The van der Waals surface area contributed by atoms with Crippen LogP contribution in [0.2, 0.25) is 0 Å². The minimum Gasteiger partial charge on any atom is -0.396 e. The average Bonchev–Trinajstić information content (AvgIpc) is 2.92. The van der Waals surface area contributed by atoms with Crippen molar-refractivity contribution < 1.29 is 10.2 Å². The van der Waals surface area contributed by atoms with Crippen molar-refractivity contribution in [1.29, 1.82) is 0 Å². The van der Waals surface area contributed by atoms with Crippen LogP contribution in [0.3, 0.4) is 0 Å². The molecule has 2 N–H and O–H groups in total. The molecule has 0 aromatic rings. The van der Waals surface area contributed by atoms with Gasteiger partial charge in [0.05, 0.1) is 5.60 Å². The van der Waals surface area contributed by atoms with Crippen LogP contribution in [0.15, 0.2) is 11.6 Å². The topological polar surface area (TPSA) is 40.5 Å². The molecule has 0 spiro atoms. The first-order valence-electron chi connectivity index (χ1n) is 10.7. The van der Waals surface area contributed by atoms with E-state index in [9.17, 15) is 10.2 Å². The molecule has 8 atom stereocenters. The molecule has 0 aromatic heterocycles. The Morgan fingerprint density at radius 3 is 2.56 bits per heavy atom. The highest BCUT2D eigenvalue weighted by atomic mass is 16.3. The molecule has 0 aliphatic heterocycles. The molecule has 0 unspecified atom stereocenters. The standard InChI is InChI=1S/C23H38O2/c1-15(14-24)18-7-8-19-17-6-5-16-13-21(2,25)11-12-22(16,3)20(17)9-10-23(18,19)4/h5,15,17-20,24-25H,6-14H2,1-4H3/t15-,17+,18-,19+,20+,21+,22+,23-/m1/s1. The molecule has 2 heteroatoms. The summed E-state index contributed by atoms with van der Waals surface area (Å²) in [5.74, 6) is 3.62. The van der Waals surface area contributed by atoms with Crippen LogP contribution >= 0.6 is 0 Å². The second-order valence-electron chi connectivity index (χ2n) is 10.8. The number of aliphatic hydroxyl groups is 2. The van der Waals surface area contributed by atoms with Gasteiger partial charge in [0.15, 0.2) is 0 Å². The first-order chi connectivity index (χ1) is 11.7. The van der Waals surface area contributed by atoms with Crippen LogP contribution in [0.5, 0.6) is 0 Å². The summed E-state index contributed by atoms with van der Waals surface area (Å²) < 4.78 is 0. The smallest absolute Gasteiger partial charge is 0.0657 e. The molecule has 4 aliphatic carbocycles. The number of rotatable bonds is 2. The highest BCUT2D eigenvalue weighted by Gasteiger charge is 2.59. The zero-order chi connectivity index (χ0) is 18.0. The Morgan fingerprint density at radius 2 is 1.84 bits per heavy atom. The van der Waals surface area contributed by atoms with Gasteiger partial charge in [0.1, 0.15) is 0 Å². The predicted octanol–water partition coefficient (Wildman–Crippen LogP) is 4.94. The van der Waals surface area contributed by atoms with E-state index in [4.69, 9.17) is 0 Å².